The zero-order valence-corrected chi connectivity index (χ0v) is 9.42. The van der Waals surface area contributed by atoms with E-state index >= 15 is 0 Å². The number of aromatic nitrogens is 4. The lowest BCUT2D eigenvalue weighted by Gasteiger charge is -2.03. The number of hydrogen-bond donors (Lipinski definition) is 1. The maximum atomic E-state index is 13.6. The molecule has 0 amide bonds. The SMILES string of the molecule is Nc1nccc2c1nnn2Cc1ccccc1F. The van der Waals surface area contributed by atoms with Crippen LogP contribution in [0.25, 0.3) is 11.0 Å². The molecule has 0 saturated carbocycles. The summed E-state index contributed by atoms with van der Waals surface area (Å²) in [4.78, 5) is 3.93. The molecule has 1 aromatic carbocycles. The zero-order chi connectivity index (χ0) is 12.5. The van der Waals surface area contributed by atoms with Gasteiger partial charge in [0.1, 0.15) is 5.82 Å². The first-order valence-electron chi connectivity index (χ1n) is 5.43. The van der Waals surface area contributed by atoms with Gasteiger partial charge in [-0.15, -0.1) is 5.10 Å². The molecule has 0 fully saturated rings. The van der Waals surface area contributed by atoms with E-state index in [0.717, 1.165) is 5.52 Å². The summed E-state index contributed by atoms with van der Waals surface area (Å²) < 4.78 is 15.2. The molecule has 2 N–H and O–H groups in total. The molecule has 0 aliphatic carbocycles. The van der Waals surface area contributed by atoms with Crippen molar-refractivity contribution in [1.82, 2.24) is 20.0 Å². The van der Waals surface area contributed by atoms with E-state index in [9.17, 15) is 4.39 Å². The van der Waals surface area contributed by atoms with Crippen molar-refractivity contribution in [2.24, 2.45) is 0 Å². The number of pyridine rings is 1. The molecule has 2 heterocycles. The first-order valence-corrected chi connectivity index (χ1v) is 5.43. The van der Waals surface area contributed by atoms with Crippen LogP contribution in [-0.4, -0.2) is 20.0 Å². The molecule has 0 aliphatic heterocycles. The summed E-state index contributed by atoms with van der Waals surface area (Å²) in [5.41, 5.74) is 7.52. The highest BCUT2D eigenvalue weighted by atomic mass is 19.1. The molecule has 0 atom stereocenters. The van der Waals surface area contributed by atoms with Crippen molar-refractivity contribution >= 4 is 16.9 Å². The van der Waals surface area contributed by atoms with Crippen molar-refractivity contribution in [2.75, 3.05) is 5.73 Å². The third kappa shape index (κ3) is 1.67. The monoisotopic (exact) mass is 243 g/mol. The Hall–Kier alpha value is -2.50. The van der Waals surface area contributed by atoms with Gasteiger partial charge in [0.05, 0.1) is 12.1 Å². The molecule has 90 valence electrons. The summed E-state index contributed by atoms with van der Waals surface area (Å²) in [7, 11) is 0. The minimum absolute atomic E-state index is 0.261. The predicted octanol–water partition coefficient (Wildman–Crippen LogP) is 1.60. The summed E-state index contributed by atoms with van der Waals surface area (Å²) in [5.74, 6) is 0.0652. The van der Waals surface area contributed by atoms with Crippen LogP contribution in [0.2, 0.25) is 0 Å². The minimum Gasteiger partial charge on any atom is -0.382 e. The third-order valence-corrected chi connectivity index (χ3v) is 2.74. The van der Waals surface area contributed by atoms with Gasteiger partial charge in [0.15, 0.2) is 11.3 Å². The van der Waals surface area contributed by atoms with E-state index in [2.05, 4.69) is 15.3 Å². The van der Waals surface area contributed by atoms with Crippen LogP contribution in [-0.2, 0) is 6.54 Å². The Morgan fingerprint density at radius 1 is 1.22 bits per heavy atom. The van der Waals surface area contributed by atoms with Crippen LogP contribution >= 0.6 is 0 Å². The van der Waals surface area contributed by atoms with Gasteiger partial charge in [-0.25, -0.2) is 14.1 Å². The van der Waals surface area contributed by atoms with Gasteiger partial charge in [-0.2, -0.15) is 0 Å². The molecular weight excluding hydrogens is 233 g/mol. The van der Waals surface area contributed by atoms with Crippen molar-refractivity contribution in [3.8, 4) is 0 Å². The second kappa shape index (κ2) is 4.06. The molecule has 18 heavy (non-hydrogen) atoms. The number of hydrogen-bond acceptors (Lipinski definition) is 4. The highest BCUT2D eigenvalue weighted by molar-refractivity contribution is 5.83. The fraction of sp³-hybridized carbons (Fsp3) is 0.0833. The molecule has 6 heteroatoms. The lowest BCUT2D eigenvalue weighted by atomic mass is 10.2. The van der Waals surface area contributed by atoms with Crippen molar-refractivity contribution < 1.29 is 4.39 Å². The van der Waals surface area contributed by atoms with Crippen LogP contribution < -0.4 is 5.73 Å². The number of fused-ring (bicyclic) bond motifs is 1. The van der Waals surface area contributed by atoms with Crippen molar-refractivity contribution in [2.45, 2.75) is 6.54 Å². The Morgan fingerprint density at radius 3 is 2.89 bits per heavy atom. The summed E-state index contributed by atoms with van der Waals surface area (Å²) in [6.45, 7) is 0.312. The quantitative estimate of drug-likeness (QED) is 0.742. The Balaban J connectivity index is 2.06. The summed E-state index contributed by atoms with van der Waals surface area (Å²) in [6, 6.07) is 8.33. The fourth-order valence-corrected chi connectivity index (χ4v) is 1.82. The Kier molecular flexibility index (Phi) is 2.40. The average molecular weight is 243 g/mol. The van der Waals surface area contributed by atoms with Gasteiger partial charge >= 0.3 is 0 Å². The highest BCUT2D eigenvalue weighted by Crippen LogP contribution is 2.17. The Bertz CT molecular complexity index is 707. The van der Waals surface area contributed by atoms with E-state index in [1.54, 1.807) is 35.1 Å². The fourth-order valence-electron chi connectivity index (χ4n) is 1.82. The number of nitrogens with two attached hydrogens (primary N) is 1. The number of halogens is 1. The van der Waals surface area contributed by atoms with Crippen LogP contribution in [0.3, 0.4) is 0 Å². The normalized spacial score (nSPS) is 10.9. The second-order valence-corrected chi connectivity index (χ2v) is 3.90. The average Bonchev–Trinajstić information content (AvgIpc) is 2.77. The van der Waals surface area contributed by atoms with Gasteiger partial charge in [0, 0.05) is 11.8 Å². The van der Waals surface area contributed by atoms with Crippen molar-refractivity contribution in [3.63, 3.8) is 0 Å². The van der Waals surface area contributed by atoms with E-state index in [1.807, 2.05) is 0 Å². The van der Waals surface area contributed by atoms with Gasteiger partial charge in [-0.05, 0) is 12.1 Å². The van der Waals surface area contributed by atoms with Crippen LogP contribution in [0, 0.1) is 5.82 Å². The van der Waals surface area contributed by atoms with E-state index in [1.165, 1.54) is 6.07 Å². The predicted molar refractivity (Wildman–Crippen MR) is 65.2 cm³/mol. The molecule has 0 saturated heterocycles. The summed E-state index contributed by atoms with van der Waals surface area (Å²) in [6.07, 6.45) is 1.58. The lowest BCUT2D eigenvalue weighted by Crippen LogP contribution is -2.03. The van der Waals surface area contributed by atoms with Gasteiger partial charge in [0.2, 0.25) is 0 Å². The van der Waals surface area contributed by atoms with Gasteiger partial charge in [0.25, 0.3) is 0 Å². The molecule has 0 spiro atoms. The zero-order valence-electron chi connectivity index (χ0n) is 9.42. The van der Waals surface area contributed by atoms with Crippen LogP contribution in [0.4, 0.5) is 10.2 Å². The number of rotatable bonds is 2. The van der Waals surface area contributed by atoms with E-state index in [4.69, 9.17) is 5.73 Å². The van der Waals surface area contributed by atoms with E-state index < -0.39 is 0 Å². The third-order valence-electron chi connectivity index (χ3n) is 2.74. The molecule has 0 unspecified atom stereocenters. The molecule has 3 aromatic rings. The molecular formula is C12H10FN5. The number of nitrogen functional groups attached to an aromatic ring is 1. The Labute approximate surface area is 102 Å². The maximum absolute atomic E-state index is 13.6. The first-order chi connectivity index (χ1) is 8.75. The molecule has 2 aromatic heterocycles. The molecule has 3 rings (SSSR count). The smallest absolute Gasteiger partial charge is 0.155 e. The van der Waals surface area contributed by atoms with E-state index in [0.29, 0.717) is 23.4 Å². The summed E-state index contributed by atoms with van der Waals surface area (Å²) in [5, 5.41) is 7.92. The van der Waals surface area contributed by atoms with E-state index in [-0.39, 0.29) is 5.82 Å². The largest absolute Gasteiger partial charge is 0.382 e. The minimum atomic E-state index is -0.261. The number of benzene rings is 1. The second-order valence-electron chi connectivity index (χ2n) is 3.90. The van der Waals surface area contributed by atoms with Crippen molar-refractivity contribution in [1.29, 1.82) is 0 Å². The molecule has 0 radical (unpaired) electrons. The molecule has 0 bridgehead atoms. The van der Waals surface area contributed by atoms with Crippen LogP contribution in [0.15, 0.2) is 36.5 Å². The topological polar surface area (TPSA) is 69.6 Å². The molecule has 5 nitrogen and oxygen atoms in total. The lowest BCUT2D eigenvalue weighted by molar-refractivity contribution is 0.583. The van der Waals surface area contributed by atoms with Crippen LogP contribution in [0.1, 0.15) is 5.56 Å². The Morgan fingerprint density at radius 2 is 2.06 bits per heavy atom. The van der Waals surface area contributed by atoms with Gasteiger partial charge in [-0.3, -0.25) is 0 Å². The molecule has 0 aliphatic rings. The van der Waals surface area contributed by atoms with Gasteiger partial charge in [-0.1, -0.05) is 23.4 Å². The standard InChI is InChI=1S/C12H10FN5/c13-9-4-2-1-3-8(9)7-18-10-5-6-15-12(14)11(10)16-17-18/h1-6H,7H2,(H2,14,15). The number of anilines is 1. The summed E-state index contributed by atoms with van der Waals surface area (Å²) >= 11 is 0. The highest BCUT2D eigenvalue weighted by Gasteiger charge is 2.09. The maximum Gasteiger partial charge on any atom is 0.155 e. The van der Waals surface area contributed by atoms with Crippen molar-refractivity contribution in [3.05, 3.63) is 47.9 Å². The number of nitrogens with zero attached hydrogens (tertiary/aromatic N) is 4. The van der Waals surface area contributed by atoms with Gasteiger partial charge < -0.3 is 5.73 Å². The first kappa shape index (κ1) is 10.6. The van der Waals surface area contributed by atoms with Crippen LogP contribution in [0.5, 0.6) is 0 Å².